The maximum atomic E-state index is 4.49. The third kappa shape index (κ3) is 1.83. The van der Waals surface area contributed by atoms with E-state index in [-0.39, 0.29) is 0 Å². The molecule has 0 atom stereocenters. The standard InChI is InChI=1S/C14H12BrN5/c15-12-4-3-11(14-10(12)2-1-5-17-14)13-8-20(19-18-13)9-6-16-7-9/h1-5,8-9,16H,6-7H2. The lowest BCUT2D eigenvalue weighted by Gasteiger charge is -2.26. The molecule has 0 bridgehead atoms. The van der Waals surface area contributed by atoms with E-state index in [4.69, 9.17) is 0 Å². The predicted octanol–water partition coefficient (Wildman–Crippen LogP) is 2.40. The molecule has 1 fully saturated rings. The Morgan fingerprint density at radius 2 is 2.15 bits per heavy atom. The molecular weight excluding hydrogens is 318 g/mol. The Morgan fingerprint density at radius 3 is 2.95 bits per heavy atom. The molecule has 1 aliphatic rings. The molecule has 0 radical (unpaired) electrons. The minimum Gasteiger partial charge on any atom is -0.312 e. The minimum absolute atomic E-state index is 0.422. The van der Waals surface area contributed by atoms with Crippen LogP contribution in [0.25, 0.3) is 22.2 Å². The van der Waals surface area contributed by atoms with E-state index < -0.39 is 0 Å². The zero-order valence-corrected chi connectivity index (χ0v) is 12.2. The van der Waals surface area contributed by atoms with Gasteiger partial charge >= 0.3 is 0 Å². The number of rotatable bonds is 2. The van der Waals surface area contributed by atoms with Gasteiger partial charge in [0.2, 0.25) is 0 Å². The molecule has 1 aliphatic heterocycles. The lowest BCUT2D eigenvalue weighted by atomic mass is 10.1. The number of nitrogens with zero attached hydrogens (tertiary/aromatic N) is 4. The first-order valence-electron chi connectivity index (χ1n) is 6.49. The van der Waals surface area contributed by atoms with Crippen molar-refractivity contribution in [3.8, 4) is 11.3 Å². The molecule has 100 valence electrons. The van der Waals surface area contributed by atoms with Crippen molar-refractivity contribution in [3.05, 3.63) is 41.1 Å². The molecule has 3 aromatic rings. The number of benzene rings is 1. The molecule has 20 heavy (non-hydrogen) atoms. The fourth-order valence-corrected chi connectivity index (χ4v) is 2.84. The summed E-state index contributed by atoms with van der Waals surface area (Å²) in [6, 6.07) is 8.48. The maximum absolute atomic E-state index is 4.49. The van der Waals surface area contributed by atoms with E-state index in [9.17, 15) is 0 Å². The Labute approximate surface area is 124 Å². The van der Waals surface area contributed by atoms with Crippen molar-refractivity contribution in [2.75, 3.05) is 13.1 Å². The molecule has 1 saturated heterocycles. The van der Waals surface area contributed by atoms with Crippen LogP contribution in [0.3, 0.4) is 0 Å². The van der Waals surface area contributed by atoms with Crippen LogP contribution in [0.5, 0.6) is 0 Å². The Kier molecular flexibility index (Phi) is 2.78. The summed E-state index contributed by atoms with van der Waals surface area (Å²) in [5.41, 5.74) is 2.83. The fourth-order valence-electron chi connectivity index (χ4n) is 2.38. The van der Waals surface area contributed by atoms with Crippen molar-refractivity contribution in [2.24, 2.45) is 0 Å². The highest BCUT2D eigenvalue weighted by atomic mass is 79.9. The summed E-state index contributed by atoms with van der Waals surface area (Å²) in [5, 5.41) is 12.9. The monoisotopic (exact) mass is 329 g/mol. The zero-order chi connectivity index (χ0) is 13.5. The molecule has 0 aliphatic carbocycles. The van der Waals surface area contributed by atoms with Crippen LogP contribution in [-0.4, -0.2) is 33.1 Å². The molecule has 6 heteroatoms. The molecule has 3 heterocycles. The molecule has 1 N–H and O–H groups in total. The number of nitrogens with one attached hydrogen (secondary N) is 1. The van der Waals surface area contributed by atoms with Gasteiger partial charge in [-0.3, -0.25) is 4.98 Å². The third-order valence-corrected chi connectivity index (χ3v) is 4.33. The number of hydrogen-bond donors (Lipinski definition) is 1. The first-order valence-corrected chi connectivity index (χ1v) is 7.28. The summed E-state index contributed by atoms with van der Waals surface area (Å²) >= 11 is 3.56. The zero-order valence-electron chi connectivity index (χ0n) is 10.6. The van der Waals surface area contributed by atoms with Crippen LogP contribution < -0.4 is 5.32 Å². The number of halogens is 1. The SMILES string of the molecule is Brc1ccc(-c2cn(C3CNC3)nn2)c2ncccc12. The van der Waals surface area contributed by atoms with E-state index in [1.54, 1.807) is 6.20 Å². The van der Waals surface area contributed by atoms with Gasteiger partial charge in [-0.1, -0.05) is 27.2 Å². The average molecular weight is 330 g/mol. The number of pyridine rings is 1. The molecule has 2 aromatic heterocycles. The Balaban J connectivity index is 1.85. The van der Waals surface area contributed by atoms with Gasteiger partial charge in [0.15, 0.2) is 0 Å². The Morgan fingerprint density at radius 1 is 1.25 bits per heavy atom. The van der Waals surface area contributed by atoms with E-state index in [1.165, 1.54) is 0 Å². The van der Waals surface area contributed by atoms with E-state index in [0.717, 1.165) is 39.7 Å². The van der Waals surface area contributed by atoms with Crippen LogP contribution in [0.4, 0.5) is 0 Å². The van der Waals surface area contributed by atoms with Crippen LogP contribution in [0.2, 0.25) is 0 Å². The second-order valence-electron chi connectivity index (χ2n) is 4.89. The van der Waals surface area contributed by atoms with E-state index in [1.807, 2.05) is 29.1 Å². The number of hydrogen-bond acceptors (Lipinski definition) is 4. The molecule has 0 amide bonds. The second-order valence-corrected chi connectivity index (χ2v) is 5.74. The molecule has 5 nitrogen and oxygen atoms in total. The van der Waals surface area contributed by atoms with E-state index >= 15 is 0 Å². The highest BCUT2D eigenvalue weighted by Gasteiger charge is 2.21. The molecule has 0 spiro atoms. The summed E-state index contributed by atoms with van der Waals surface area (Å²) in [6.45, 7) is 1.92. The second kappa shape index (κ2) is 4.64. The number of fused-ring (bicyclic) bond motifs is 1. The van der Waals surface area contributed by atoms with Crippen molar-refractivity contribution >= 4 is 26.8 Å². The maximum Gasteiger partial charge on any atom is 0.115 e. The summed E-state index contributed by atoms with van der Waals surface area (Å²) in [7, 11) is 0. The molecule has 0 unspecified atom stereocenters. The summed E-state index contributed by atoms with van der Waals surface area (Å²) in [4.78, 5) is 4.49. The van der Waals surface area contributed by atoms with Gasteiger partial charge in [-0.2, -0.15) is 0 Å². The topological polar surface area (TPSA) is 55.6 Å². The predicted molar refractivity (Wildman–Crippen MR) is 80.4 cm³/mol. The molecule has 0 saturated carbocycles. The molecule has 1 aromatic carbocycles. The van der Waals surface area contributed by atoms with Gasteiger partial charge in [-0.15, -0.1) is 5.10 Å². The smallest absolute Gasteiger partial charge is 0.115 e. The van der Waals surface area contributed by atoms with Crippen molar-refractivity contribution in [1.82, 2.24) is 25.3 Å². The van der Waals surface area contributed by atoms with Crippen molar-refractivity contribution < 1.29 is 0 Å². The first kappa shape index (κ1) is 12.0. The fraction of sp³-hybridized carbons (Fsp3) is 0.214. The highest BCUT2D eigenvalue weighted by Crippen LogP contribution is 2.31. The Hall–Kier alpha value is -1.79. The molecule has 4 rings (SSSR count). The van der Waals surface area contributed by atoms with Crippen molar-refractivity contribution in [3.63, 3.8) is 0 Å². The van der Waals surface area contributed by atoms with Crippen LogP contribution >= 0.6 is 15.9 Å². The first-order chi connectivity index (χ1) is 9.83. The van der Waals surface area contributed by atoms with Crippen LogP contribution in [0.15, 0.2) is 41.1 Å². The largest absolute Gasteiger partial charge is 0.312 e. The highest BCUT2D eigenvalue weighted by molar-refractivity contribution is 9.10. The summed E-state index contributed by atoms with van der Waals surface area (Å²) in [5.74, 6) is 0. The van der Waals surface area contributed by atoms with Gasteiger partial charge in [0.1, 0.15) is 5.69 Å². The summed E-state index contributed by atoms with van der Waals surface area (Å²) in [6.07, 6.45) is 3.81. The van der Waals surface area contributed by atoms with Gasteiger partial charge in [0, 0.05) is 34.7 Å². The quantitative estimate of drug-likeness (QED) is 0.784. The lowest BCUT2D eigenvalue weighted by Crippen LogP contribution is -2.43. The van der Waals surface area contributed by atoms with Crippen LogP contribution in [-0.2, 0) is 0 Å². The van der Waals surface area contributed by atoms with Crippen LogP contribution in [0.1, 0.15) is 6.04 Å². The average Bonchev–Trinajstić information content (AvgIpc) is 2.87. The van der Waals surface area contributed by atoms with E-state index in [2.05, 4.69) is 42.6 Å². The number of aromatic nitrogens is 4. The van der Waals surface area contributed by atoms with Crippen molar-refractivity contribution in [2.45, 2.75) is 6.04 Å². The van der Waals surface area contributed by atoms with Gasteiger partial charge in [0.05, 0.1) is 17.8 Å². The van der Waals surface area contributed by atoms with Gasteiger partial charge in [0.25, 0.3) is 0 Å². The summed E-state index contributed by atoms with van der Waals surface area (Å²) < 4.78 is 2.97. The van der Waals surface area contributed by atoms with Crippen LogP contribution in [0, 0.1) is 0 Å². The third-order valence-electron chi connectivity index (χ3n) is 3.64. The lowest BCUT2D eigenvalue weighted by molar-refractivity contribution is 0.313. The van der Waals surface area contributed by atoms with E-state index in [0.29, 0.717) is 6.04 Å². The normalized spacial score (nSPS) is 15.4. The van der Waals surface area contributed by atoms with Gasteiger partial charge < -0.3 is 5.32 Å². The Bertz CT molecular complexity index is 778. The van der Waals surface area contributed by atoms with Gasteiger partial charge in [-0.05, 0) is 18.2 Å². The van der Waals surface area contributed by atoms with Gasteiger partial charge in [-0.25, -0.2) is 4.68 Å². The molecular formula is C14H12BrN5. The van der Waals surface area contributed by atoms with Crippen molar-refractivity contribution in [1.29, 1.82) is 0 Å². The minimum atomic E-state index is 0.422.